The van der Waals surface area contributed by atoms with Gasteiger partial charge in [-0.05, 0) is 43.4 Å². The molecule has 0 aliphatic carbocycles. The molecule has 1 aliphatic rings. The Labute approximate surface area is 158 Å². The summed E-state index contributed by atoms with van der Waals surface area (Å²) in [6, 6.07) is 7.95. The van der Waals surface area contributed by atoms with Crippen molar-refractivity contribution in [3.8, 4) is 0 Å². The maximum Gasteiger partial charge on any atom is 0.270 e. The minimum absolute atomic E-state index is 0.104. The highest BCUT2D eigenvalue weighted by Gasteiger charge is 2.30. The Kier molecular flexibility index (Phi) is 5.29. The van der Waals surface area contributed by atoms with Crippen LogP contribution >= 0.6 is 11.8 Å². The normalized spacial score (nSPS) is 16.7. The van der Waals surface area contributed by atoms with Crippen LogP contribution in [0.1, 0.15) is 25.3 Å². The van der Waals surface area contributed by atoms with Crippen molar-refractivity contribution < 1.29 is 0 Å². The van der Waals surface area contributed by atoms with Gasteiger partial charge in [0, 0.05) is 25.0 Å². The molecule has 1 fully saturated rings. The number of nitrogen functional groups attached to an aromatic ring is 1. The zero-order valence-electron chi connectivity index (χ0n) is 15.7. The molecule has 0 unspecified atom stereocenters. The van der Waals surface area contributed by atoms with Gasteiger partial charge in [0.1, 0.15) is 10.7 Å². The van der Waals surface area contributed by atoms with Gasteiger partial charge in [0.25, 0.3) is 5.56 Å². The van der Waals surface area contributed by atoms with Crippen molar-refractivity contribution in [2.45, 2.75) is 36.5 Å². The molecule has 26 heavy (non-hydrogen) atoms. The molecule has 0 radical (unpaired) electrons. The highest BCUT2D eigenvalue weighted by Crippen LogP contribution is 2.34. The van der Waals surface area contributed by atoms with Gasteiger partial charge in [0.15, 0.2) is 0 Å². The molecule has 0 atom stereocenters. The Morgan fingerprint density at radius 1 is 1.27 bits per heavy atom. The van der Waals surface area contributed by atoms with Crippen molar-refractivity contribution in [3.63, 3.8) is 0 Å². The van der Waals surface area contributed by atoms with Gasteiger partial charge in [-0.3, -0.25) is 9.36 Å². The summed E-state index contributed by atoms with van der Waals surface area (Å²) in [6.45, 7) is 6.58. The zero-order valence-corrected chi connectivity index (χ0v) is 16.5. The van der Waals surface area contributed by atoms with E-state index in [9.17, 15) is 4.79 Å². The molecule has 6 nitrogen and oxygen atoms in total. The van der Waals surface area contributed by atoms with Gasteiger partial charge >= 0.3 is 0 Å². The lowest BCUT2D eigenvalue weighted by Gasteiger charge is -2.39. The fourth-order valence-corrected chi connectivity index (χ4v) is 4.17. The van der Waals surface area contributed by atoms with E-state index in [1.807, 2.05) is 31.2 Å². The molecule has 1 aliphatic heterocycles. The van der Waals surface area contributed by atoms with Crippen LogP contribution in [0.4, 0.5) is 11.8 Å². The number of nitrogens with zero attached hydrogens (tertiary/aromatic N) is 3. The van der Waals surface area contributed by atoms with Gasteiger partial charge in [-0.2, -0.15) is 4.98 Å². The summed E-state index contributed by atoms with van der Waals surface area (Å²) in [4.78, 5) is 21.1. The molecule has 0 amide bonds. The van der Waals surface area contributed by atoms with E-state index in [0.717, 1.165) is 36.4 Å². The summed E-state index contributed by atoms with van der Waals surface area (Å²) in [5, 5.41) is 0. The fraction of sp³-hybridized carbons (Fsp3) is 0.474. The van der Waals surface area contributed by atoms with E-state index in [4.69, 9.17) is 11.5 Å². The first-order valence-electron chi connectivity index (χ1n) is 8.90. The number of hydrogen-bond donors (Lipinski definition) is 2. The number of aromatic nitrogens is 2. The van der Waals surface area contributed by atoms with Crippen LogP contribution in [-0.4, -0.2) is 29.2 Å². The van der Waals surface area contributed by atoms with Crippen molar-refractivity contribution in [1.82, 2.24) is 9.55 Å². The highest BCUT2D eigenvalue weighted by atomic mass is 32.2. The lowest BCUT2D eigenvalue weighted by atomic mass is 9.81. The smallest absolute Gasteiger partial charge is 0.270 e. The minimum Gasteiger partial charge on any atom is -0.382 e. The number of aryl methyl sites for hydroxylation is 1. The Morgan fingerprint density at radius 3 is 2.54 bits per heavy atom. The first-order chi connectivity index (χ1) is 12.3. The van der Waals surface area contributed by atoms with E-state index in [0.29, 0.717) is 23.2 Å². The van der Waals surface area contributed by atoms with Crippen LogP contribution in [0.5, 0.6) is 0 Å². The number of piperidine rings is 1. The van der Waals surface area contributed by atoms with Crippen molar-refractivity contribution in [2.24, 2.45) is 18.2 Å². The van der Waals surface area contributed by atoms with E-state index in [1.165, 1.54) is 11.8 Å². The Balaban J connectivity index is 1.90. The maximum absolute atomic E-state index is 12.9. The topological polar surface area (TPSA) is 90.2 Å². The van der Waals surface area contributed by atoms with Crippen LogP contribution < -0.4 is 21.9 Å². The molecule has 4 N–H and O–H groups in total. The number of benzene rings is 1. The van der Waals surface area contributed by atoms with Crippen molar-refractivity contribution in [3.05, 3.63) is 40.2 Å². The van der Waals surface area contributed by atoms with Crippen LogP contribution in [0.25, 0.3) is 0 Å². The van der Waals surface area contributed by atoms with E-state index in [-0.39, 0.29) is 11.0 Å². The molecule has 2 aromatic rings. The summed E-state index contributed by atoms with van der Waals surface area (Å²) in [5.74, 6) is 0.934. The second kappa shape index (κ2) is 7.32. The Bertz CT molecular complexity index is 855. The first-order valence-corrected chi connectivity index (χ1v) is 9.71. The molecule has 3 rings (SSSR count). The quantitative estimate of drug-likeness (QED) is 0.855. The highest BCUT2D eigenvalue weighted by molar-refractivity contribution is 7.99. The molecule has 0 bridgehead atoms. The van der Waals surface area contributed by atoms with Gasteiger partial charge in [-0.25, -0.2) is 0 Å². The van der Waals surface area contributed by atoms with E-state index >= 15 is 0 Å². The third-order valence-electron chi connectivity index (χ3n) is 5.30. The number of hydrogen-bond acceptors (Lipinski definition) is 6. The molecule has 2 heterocycles. The van der Waals surface area contributed by atoms with Crippen molar-refractivity contribution in [1.29, 1.82) is 0 Å². The fourth-order valence-electron chi connectivity index (χ4n) is 3.20. The third kappa shape index (κ3) is 3.59. The second-order valence-corrected chi connectivity index (χ2v) is 8.41. The average molecular weight is 374 g/mol. The monoisotopic (exact) mass is 373 g/mol. The second-order valence-electron chi connectivity index (χ2n) is 7.36. The Morgan fingerprint density at radius 2 is 1.92 bits per heavy atom. The molecule has 140 valence electrons. The van der Waals surface area contributed by atoms with E-state index < -0.39 is 0 Å². The SMILES string of the molecule is Cc1ccccc1Sc1c(N)nc(N2CCC(C)(CN)CC2)n(C)c1=O. The van der Waals surface area contributed by atoms with Gasteiger partial charge < -0.3 is 16.4 Å². The maximum atomic E-state index is 12.9. The van der Waals surface area contributed by atoms with Gasteiger partial charge in [-0.1, -0.05) is 36.9 Å². The molecule has 0 saturated carbocycles. The predicted molar refractivity (Wildman–Crippen MR) is 108 cm³/mol. The van der Waals surface area contributed by atoms with Crippen molar-refractivity contribution in [2.75, 3.05) is 30.3 Å². The molecule has 1 aromatic carbocycles. The molecule has 1 saturated heterocycles. The van der Waals surface area contributed by atoms with E-state index in [2.05, 4.69) is 16.8 Å². The number of nitrogens with two attached hydrogens (primary N) is 2. The molecule has 1 aromatic heterocycles. The summed E-state index contributed by atoms with van der Waals surface area (Å²) < 4.78 is 1.61. The standard InChI is InChI=1S/C19H27N5OS/c1-13-6-4-5-7-14(13)26-15-16(21)22-18(23(3)17(15)25)24-10-8-19(2,12-20)9-11-24/h4-7H,8-12,20-21H2,1-3H3. The lowest BCUT2D eigenvalue weighted by Crippen LogP contribution is -2.44. The van der Waals surface area contributed by atoms with Gasteiger partial charge in [-0.15, -0.1) is 0 Å². The largest absolute Gasteiger partial charge is 0.382 e. The lowest BCUT2D eigenvalue weighted by molar-refractivity contribution is 0.256. The molecular formula is C19H27N5OS. The first kappa shape index (κ1) is 18.8. The number of rotatable bonds is 4. The van der Waals surface area contributed by atoms with E-state index in [1.54, 1.807) is 11.6 Å². The van der Waals surface area contributed by atoms with Crippen LogP contribution in [0.3, 0.4) is 0 Å². The zero-order chi connectivity index (χ0) is 18.9. The predicted octanol–water partition coefficient (Wildman–Crippen LogP) is 2.39. The van der Waals surface area contributed by atoms with Crippen molar-refractivity contribution >= 4 is 23.5 Å². The molecule has 0 spiro atoms. The third-order valence-corrected chi connectivity index (χ3v) is 6.57. The van der Waals surface area contributed by atoms with Crippen LogP contribution in [-0.2, 0) is 7.05 Å². The van der Waals surface area contributed by atoms with Crippen LogP contribution in [0.2, 0.25) is 0 Å². The number of anilines is 2. The molecule has 7 heteroatoms. The average Bonchev–Trinajstić information content (AvgIpc) is 2.64. The van der Waals surface area contributed by atoms with Crippen LogP contribution in [0.15, 0.2) is 38.9 Å². The summed E-state index contributed by atoms with van der Waals surface area (Å²) in [5.41, 5.74) is 13.3. The van der Waals surface area contributed by atoms with Gasteiger partial charge in [0.05, 0.1) is 0 Å². The molecular weight excluding hydrogens is 346 g/mol. The Hall–Kier alpha value is -1.99. The van der Waals surface area contributed by atoms with Crippen LogP contribution in [0, 0.1) is 12.3 Å². The minimum atomic E-state index is -0.104. The summed E-state index contributed by atoms with van der Waals surface area (Å²) in [6.07, 6.45) is 1.97. The summed E-state index contributed by atoms with van der Waals surface area (Å²) in [7, 11) is 1.77. The van der Waals surface area contributed by atoms with Gasteiger partial charge in [0.2, 0.25) is 5.95 Å². The summed E-state index contributed by atoms with van der Waals surface area (Å²) >= 11 is 1.38.